The van der Waals surface area contributed by atoms with Gasteiger partial charge in [0.05, 0.1) is 18.0 Å². The molecular formula is C18H16N2O3. The molecule has 0 aliphatic heterocycles. The van der Waals surface area contributed by atoms with E-state index in [4.69, 9.17) is 4.74 Å². The number of benzene rings is 2. The average molecular weight is 308 g/mol. The van der Waals surface area contributed by atoms with Crippen LogP contribution in [0.25, 0.3) is 16.9 Å². The molecule has 2 aromatic carbocycles. The largest absolute Gasteiger partial charge is 0.476 e. The third-order valence-corrected chi connectivity index (χ3v) is 3.38. The maximum Gasteiger partial charge on any atom is 0.356 e. The van der Waals surface area contributed by atoms with Gasteiger partial charge in [-0.05, 0) is 19.1 Å². The normalized spacial score (nSPS) is 10.5. The van der Waals surface area contributed by atoms with Gasteiger partial charge in [-0.1, -0.05) is 48.5 Å². The van der Waals surface area contributed by atoms with Crippen LogP contribution >= 0.6 is 0 Å². The van der Waals surface area contributed by atoms with Crippen LogP contribution in [0.4, 0.5) is 0 Å². The molecule has 3 rings (SSSR count). The maximum atomic E-state index is 11.7. The summed E-state index contributed by atoms with van der Waals surface area (Å²) in [4.78, 5) is 15.9. The van der Waals surface area contributed by atoms with Crippen LogP contribution in [0.2, 0.25) is 0 Å². The van der Waals surface area contributed by atoms with Crippen molar-refractivity contribution in [2.45, 2.75) is 6.92 Å². The Morgan fingerprint density at radius 1 is 1.09 bits per heavy atom. The Hall–Kier alpha value is -3.08. The monoisotopic (exact) mass is 308 g/mol. The molecular weight excluding hydrogens is 292 g/mol. The highest BCUT2D eigenvalue weighted by molar-refractivity contribution is 5.94. The van der Waals surface area contributed by atoms with Gasteiger partial charge in [0.15, 0.2) is 5.69 Å². The second kappa shape index (κ2) is 6.36. The summed E-state index contributed by atoms with van der Waals surface area (Å²) in [5, 5.41) is 9.55. The third-order valence-electron chi connectivity index (χ3n) is 3.38. The Bertz CT molecular complexity index is 811. The van der Waals surface area contributed by atoms with Crippen LogP contribution in [0.15, 0.2) is 60.7 Å². The van der Waals surface area contributed by atoms with Crippen LogP contribution in [-0.2, 0) is 0 Å². The number of ether oxygens (including phenoxy) is 1. The molecule has 3 aromatic rings. The molecule has 0 aliphatic carbocycles. The molecule has 0 spiro atoms. The van der Waals surface area contributed by atoms with Crippen LogP contribution < -0.4 is 4.74 Å². The standard InChI is InChI=1S/C18H16N2O3/c1-2-23-18-19-15(17(21)22)16(13-9-5-3-6-10-13)20(18)14-11-7-4-8-12-14/h3-12H,2H2,1H3,(H,21,22). The van der Waals surface area contributed by atoms with Gasteiger partial charge in [0.1, 0.15) is 0 Å². The Balaban J connectivity index is 2.32. The smallest absolute Gasteiger partial charge is 0.356 e. The molecule has 0 bridgehead atoms. The van der Waals surface area contributed by atoms with E-state index in [-0.39, 0.29) is 11.7 Å². The minimum absolute atomic E-state index is 0.0245. The summed E-state index contributed by atoms with van der Waals surface area (Å²) in [7, 11) is 0. The first-order valence-corrected chi connectivity index (χ1v) is 7.32. The molecule has 116 valence electrons. The van der Waals surface area contributed by atoms with E-state index in [1.165, 1.54) is 0 Å². The minimum Gasteiger partial charge on any atom is -0.476 e. The van der Waals surface area contributed by atoms with Crippen molar-refractivity contribution in [1.29, 1.82) is 0 Å². The van der Waals surface area contributed by atoms with Crippen molar-refractivity contribution in [1.82, 2.24) is 9.55 Å². The van der Waals surface area contributed by atoms with E-state index in [1.54, 1.807) is 4.57 Å². The van der Waals surface area contributed by atoms with Gasteiger partial charge >= 0.3 is 12.0 Å². The van der Waals surface area contributed by atoms with E-state index in [0.717, 1.165) is 11.3 Å². The predicted molar refractivity (Wildman–Crippen MR) is 87.1 cm³/mol. The number of imidazole rings is 1. The maximum absolute atomic E-state index is 11.7. The zero-order valence-corrected chi connectivity index (χ0v) is 12.6. The summed E-state index contributed by atoms with van der Waals surface area (Å²) in [5.41, 5.74) is 2.05. The first-order chi connectivity index (χ1) is 11.2. The number of hydrogen-bond acceptors (Lipinski definition) is 3. The lowest BCUT2D eigenvalue weighted by Crippen LogP contribution is -2.04. The fourth-order valence-electron chi connectivity index (χ4n) is 2.45. The van der Waals surface area contributed by atoms with Crippen LogP contribution in [0.5, 0.6) is 6.01 Å². The van der Waals surface area contributed by atoms with Crippen molar-refractivity contribution >= 4 is 5.97 Å². The van der Waals surface area contributed by atoms with Gasteiger partial charge in [0.25, 0.3) is 0 Å². The zero-order valence-electron chi connectivity index (χ0n) is 12.6. The van der Waals surface area contributed by atoms with Crippen molar-refractivity contribution in [2.75, 3.05) is 6.61 Å². The number of para-hydroxylation sites is 1. The molecule has 1 aromatic heterocycles. The number of aromatic carboxylic acids is 1. The number of carboxylic acids is 1. The molecule has 0 saturated carbocycles. The lowest BCUT2D eigenvalue weighted by Gasteiger charge is -2.12. The van der Waals surface area contributed by atoms with Crippen LogP contribution in [0.1, 0.15) is 17.4 Å². The zero-order chi connectivity index (χ0) is 16.2. The van der Waals surface area contributed by atoms with E-state index < -0.39 is 5.97 Å². The van der Waals surface area contributed by atoms with Gasteiger partial charge in [-0.2, -0.15) is 4.98 Å². The fraction of sp³-hybridized carbons (Fsp3) is 0.111. The van der Waals surface area contributed by atoms with Crippen LogP contribution in [0, 0.1) is 0 Å². The minimum atomic E-state index is -1.08. The average Bonchev–Trinajstić information content (AvgIpc) is 2.96. The molecule has 0 amide bonds. The molecule has 1 heterocycles. The lowest BCUT2D eigenvalue weighted by atomic mass is 10.1. The quantitative estimate of drug-likeness (QED) is 0.781. The summed E-state index contributed by atoms with van der Waals surface area (Å²) < 4.78 is 7.31. The van der Waals surface area contributed by atoms with Crippen LogP contribution in [0.3, 0.4) is 0 Å². The highest BCUT2D eigenvalue weighted by Gasteiger charge is 2.25. The molecule has 1 N–H and O–H groups in total. The first kappa shape index (κ1) is 14.8. The van der Waals surface area contributed by atoms with E-state index >= 15 is 0 Å². The SMILES string of the molecule is CCOc1nc(C(=O)O)c(-c2ccccc2)n1-c1ccccc1. The number of rotatable bonds is 5. The number of hydrogen-bond donors (Lipinski definition) is 1. The molecule has 5 nitrogen and oxygen atoms in total. The van der Waals surface area contributed by atoms with Crippen LogP contribution in [-0.4, -0.2) is 27.2 Å². The second-order valence-corrected chi connectivity index (χ2v) is 4.87. The van der Waals surface area contributed by atoms with E-state index in [2.05, 4.69) is 4.98 Å². The molecule has 0 saturated heterocycles. The van der Waals surface area contributed by atoms with Crippen molar-refractivity contribution in [3.8, 4) is 23.0 Å². The number of carboxylic acid groups (broad SMARTS) is 1. The number of nitrogens with zero attached hydrogens (tertiary/aromatic N) is 2. The Kier molecular flexibility index (Phi) is 4.10. The highest BCUT2D eigenvalue weighted by atomic mass is 16.5. The van der Waals surface area contributed by atoms with Gasteiger partial charge in [-0.3, -0.25) is 4.57 Å². The fourth-order valence-corrected chi connectivity index (χ4v) is 2.45. The van der Waals surface area contributed by atoms with E-state index in [1.807, 2.05) is 67.6 Å². The first-order valence-electron chi connectivity index (χ1n) is 7.32. The Morgan fingerprint density at radius 2 is 1.70 bits per heavy atom. The summed E-state index contributed by atoms with van der Waals surface area (Å²) in [5.74, 6) is -1.08. The lowest BCUT2D eigenvalue weighted by molar-refractivity contribution is 0.0691. The Labute approximate surface area is 133 Å². The summed E-state index contributed by atoms with van der Waals surface area (Å²) in [6, 6.07) is 19.1. The predicted octanol–water partition coefficient (Wildman–Crippen LogP) is 3.64. The highest BCUT2D eigenvalue weighted by Crippen LogP contribution is 2.32. The second-order valence-electron chi connectivity index (χ2n) is 4.87. The van der Waals surface area contributed by atoms with Gasteiger partial charge in [-0.25, -0.2) is 4.79 Å². The van der Waals surface area contributed by atoms with Gasteiger partial charge < -0.3 is 9.84 Å². The van der Waals surface area contributed by atoms with E-state index in [0.29, 0.717) is 12.3 Å². The molecule has 0 atom stereocenters. The van der Waals surface area contributed by atoms with E-state index in [9.17, 15) is 9.90 Å². The van der Waals surface area contributed by atoms with Crippen molar-refractivity contribution in [3.05, 3.63) is 66.4 Å². The Morgan fingerprint density at radius 3 is 2.26 bits per heavy atom. The van der Waals surface area contributed by atoms with Crippen molar-refractivity contribution in [2.24, 2.45) is 0 Å². The summed E-state index contributed by atoms with van der Waals surface area (Å²) in [6.45, 7) is 2.24. The molecule has 0 radical (unpaired) electrons. The third kappa shape index (κ3) is 2.81. The summed E-state index contributed by atoms with van der Waals surface area (Å²) in [6.07, 6.45) is 0. The molecule has 23 heavy (non-hydrogen) atoms. The number of carbonyl (C=O) groups is 1. The molecule has 0 fully saturated rings. The van der Waals surface area contributed by atoms with Gasteiger partial charge in [0, 0.05) is 5.56 Å². The van der Waals surface area contributed by atoms with Crippen molar-refractivity contribution < 1.29 is 14.6 Å². The molecule has 0 aliphatic rings. The van der Waals surface area contributed by atoms with Gasteiger partial charge in [-0.15, -0.1) is 0 Å². The molecule has 5 heteroatoms. The topological polar surface area (TPSA) is 64.3 Å². The summed E-state index contributed by atoms with van der Waals surface area (Å²) >= 11 is 0. The van der Waals surface area contributed by atoms with Crippen molar-refractivity contribution in [3.63, 3.8) is 0 Å². The molecule has 0 unspecified atom stereocenters. The number of aromatic nitrogens is 2. The van der Waals surface area contributed by atoms with Gasteiger partial charge in [0.2, 0.25) is 0 Å².